The summed E-state index contributed by atoms with van der Waals surface area (Å²) in [5.74, 6) is -0.316. The molecule has 0 aliphatic heterocycles. The molecule has 0 aliphatic rings. The third kappa shape index (κ3) is 1.03. The van der Waals surface area contributed by atoms with Gasteiger partial charge in [0, 0.05) is 6.20 Å². The van der Waals surface area contributed by atoms with Crippen LogP contribution in [-0.4, -0.2) is 9.97 Å². The van der Waals surface area contributed by atoms with E-state index >= 15 is 0 Å². The van der Waals surface area contributed by atoms with Crippen LogP contribution in [0.1, 0.15) is 5.69 Å². The molecule has 1 aromatic heterocycles. The predicted octanol–water partition coefficient (Wildman–Crippen LogP) is 2.08. The predicted molar refractivity (Wildman–Crippen MR) is 44.2 cm³/mol. The summed E-state index contributed by atoms with van der Waals surface area (Å²) in [5.41, 5.74) is 1.67. The number of aromatic nitrogens is 2. The molecule has 0 amide bonds. The summed E-state index contributed by atoms with van der Waals surface area (Å²) in [6, 6.07) is 4.75. The standard InChI is InChI=1S/C9H7FN2/c1-6-5-11-8-4-2-3-7(10)9(8)12-6/h2-5H,1H3. The highest BCUT2D eigenvalue weighted by Crippen LogP contribution is 2.12. The van der Waals surface area contributed by atoms with Crippen molar-refractivity contribution in [2.75, 3.05) is 0 Å². The molecule has 0 saturated heterocycles. The van der Waals surface area contributed by atoms with Gasteiger partial charge in [0.25, 0.3) is 0 Å². The van der Waals surface area contributed by atoms with Gasteiger partial charge in [0.15, 0.2) is 5.82 Å². The van der Waals surface area contributed by atoms with Crippen LogP contribution < -0.4 is 0 Å². The molecule has 3 heteroatoms. The zero-order valence-corrected chi connectivity index (χ0v) is 6.58. The Labute approximate surface area is 69.1 Å². The first-order valence-corrected chi connectivity index (χ1v) is 3.65. The topological polar surface area (TPSA) is 25.8 Å². The SMILES string of the molecule is Cc1cnc2cccc(F)c2n1. The largest absolute Gasteiger partial charge is 0.253 e. The number of hydrogen-bond acceptors (Lipinski definition) is 2. The molecule has 1 aromatic carbocycles. The molecule has 0 radical (unpaired) electrons. The maximum absolute atomic E-state index is 13.1. The number of nitrogens with zero attached hydrogens (tertiary/aromatic N) is 2. The zero-order chi connectivity index (χ0) is 8.55. The molecule has 0 saturated carbocycles. The maximum atomic E-state index is 13.1. The Bertz CT molecular complexity index is 426. The molecule has 0 aliphatic carbocycles. The highest BCUT2D eigenvalue weighted by molar-refractivity contribution is 5.74. The van der Waals surface area contributed by atoms with Crippen LogP contribution in [0, 0.1) is 12.7 Å². The lowest BCUT2D eigenvalue weighted by Gasteiger charge is -1.97. The number of hydrogen-bond donors (Lipinski definition) is 0. The fourth-order valence-corrected chi connectivity index (χ4v) is 1.09. The molecule has 0 spiro atoms. The number of rotatable bonds is 0. The minimum Gasteiger partial charge on any atom is -0.253 e. The van der Waals surface area contributed by atoms with Crippen molar-refractivity contribution in [3.05, 3.63) is 35.9 Å². The molecule has 2 aromatic rings. The summed E-state index contributed by atoms with van der Waals surface area (Å²) < 4.78 is 13.1. The number of benzene rings is 1. The average molecular weight is 162 g/mol. The van der Waals surface area contributed by atoms with E-state index in [2.05, 4.69) is 9.97 Å². The van der Waals surface area contributed by atoms with Gasteiger partial charge in [-0.2, -0.15) is 0 Å². The first-order valence-electron chi connectivity index (χ1n) is 3.65. The van der Waals surface area contributed by atoms with Crippen molar-refractivity contribution in [1.29, 1.82) is 0 Å². The van der Waals surface area contributed by atoms with Crippen LogP contribution >= 0.6 is 0 Å². The molecule has 0 N–H and O–H groups in total. The quantitative estimate of drug-likeness (QED) is 0.592. The maximum Gasteiger partial charge on any atom is 0.151 e. The Kier molecular flexibility index (Phi) is 1.50. The molecule has 0 fully saturated rings. The molecule has 12 heavy (non-hydrogen) atoms. The second-order valence-corrected chi connectivity index (χ2v) is 2.62. The van der Waals surface area contributed by atoms with Crippen LogP contribution in [0.25, 0.3) is 11.0 Å². The molecular weight excluding hydrogens is 155 g/mol. The molecule has 0 atom stereocenters. The van der Waals surface area contributed by atoms with Crippen LogP contribution in [0.4, 0.5) is 4.39 Å². The Morgan fingerprint density at radius 3 is 3.00 bits per heavy atom. The number of halogens is 1. The minimum atomic E-state index is -0.316. The van der Waals surface area contributed by atoms with E-state index in [0.29, 0.717) is 11.0 Å². The Balaban J connectivity index is 2.88. The third-order valence-electron chi connectivity index (χ3n) is 1.64. The van der Waals surface area contributed by atoms with Crippen molar-refractivity contribution >= 4 is 11.0 Å². The normalized spacial score (nSPS) is 10.5. The van der Waals surface area contributed by atoms with E-state index in [9.17, 15) is 4.39 Å². The van der Waals surface area contributed by atoms with Gasteiger partial charge >= 0.3 is 0 Å². The molecular formula is C9H7FN2. The summed E-state index contributed by atoms with van der Waals surface area (Å²) in [5, 5.41) is 0. The van der Waals surface area contributed by atoms with Crippen LogP contribution in [0.5, 0.6) is 0 Å². The van der Waals surface area contributed by atoms with Crippen LogP contribution in [0.3, 0.4) is 0 Å². The van der Waals surface area contributed by atoms with Gasteiger partial charge in [-0.15, -0.1) is 0 Å². The van der Waals surface area contributed by atoms with E-state index in [1.165, 1.54) is 6.07 Å². The smallest absolute Gasteiger partial charge is 0.151 e. The number of fused-ring (bicyclic) bond motifs is 1. The van der Waals surface area contributed by atoms with Gasteiger partial charge in [0.2, 0.25) is 0 Å². The van der Waals surface area contributed by atoms with Crippen molar-refractivity contribution < 1.29 is 4.39 Å². The van der Waals surface area contributed by atoms with Gasteiger partial charge in [0.1, 0.15) is 5.52 Å². The highest BCUT2D eigenvalue weighted by atomic mass is 19.1. The fourth-order valence-electron chi connectivity index (χ4n) is 1.09. The first kappa shape index (κ1) is 7.16. The fraction of sp³-hybridized carbons (Fsp3) is 0.111. The Morgan fingerprint density at radius 2 is 2.17 bits per heavy atom. The third-order valence-corrected chi connectivity index (χ3v) is 1.64. The van der Waals surface area contributed by atoms with Crippen molar-refractivity contribution in [2.24, 2.45) is 0 Å². The molecule has 0 bridgehead atoms. The zero-order valence-electron chi connectivity index (χ0n) is 6.58. The lowest BCUT2D eigenvalue weighted by Crippen LogP contribution is -1.89. The van der Waals surface area contributed by atoms with E-state index in [0.717, 1.165) is 5.69 Å². The van der Waals surface area contributed by atoms with E-state index in [1.54, 1.807) is 25.3 Å². The number of para-hydroxylation sites is 1. The van der Waals surface area contributed by atoms with Crippen molar-refractivity contribution in [3.63, 3.8) is 0 Å². The molecule has 1 heterocycles. The minimum absolute atomic E-state index is 0.316. The van der Waals surface area contributed by atoms with Gasteiger partial charge in [-0.1, -0.05) is 6.07 Å². The molecule has 2 rings (SSSR count). The van der Waals surface area contributed by atoms with Gasteiger partial charge in [-0.3, -0.25) is 4.98 Å². The Hall–Kier alpha value is -1.51. The van der Waals surface area contributed by atoms with Crippen LogP contribution in [0.2, 0.25) is 0 Å². The van der Waals surface area contributed by atoms with Gasteiger partial charge in [-0.25, -0.2) is 9.37 Å². The first-order chi connectivity index (χ1) is 5.77. The lowest BCUT2D eigenvalue weighted by molar-refractivity contribution is 0.636. The summed E-state index contributed by atoms with van der Waals surface area (Å²) >= 11 is 0. The van der Waals surface area contributed by atoms with E-state index in [4.69, 9.17) is 0 Å². The monoisotopic (exact) mass is 162 g/mol. The van der Waals surface area contributed by atoms with Crippen molar-refractivity contribution in [3.8, 4) is 0 Å². The van der Waals surface area contributed by atoms with Gasteiger partial charge in [0.05, 0.1) is 11.2 Å². The summed E-state index contributed by atoms with van der Waals surface area (Å²) in [6.07, 6.45) is 1.63. The van der Waals surface area contributed by atoms with Crippen LogP contribution in [-0.2, 0) is 0 Å². The Morgan fingerprint density at radius 1 is 1.33 bits per heavy atom. The number of aryl methyl sites for hydroxylation is 1. The van der Waals surface area contributed by atoms with Crippen LogP contribution in [0.15, 0.2) is 24.4 Å². The average Bonchev–Trinajstić information content (AvgIpc) is 2.07. The summed E-state index contributed by atoms with van der Waals surface area (Å²) in [4.78, 5) is 8.08. The van der Waals surface area contributed by atoms with Gasteiger partial charge < -0.3 is 0 Å². The second-order valence-electron chi connectivity index (χ2n) is 2.62. The van der Waals surface area contributed by atoms with E-state index < -0.39 is 0 Å². The van der Waals surface area contributed by atoms with E-state index in [1.807, 2.05) is 0 Å². The molecule has 2 nitrogen and oxygen atoms in total. The van der Waals surface area contributed by atoms with Gasteiger partial charge in [-0.05, 0) is 19.1 Å². The molecule has 60 valence electrons. The highest BCUT2D eigenvalue weighted by Gasteiger charge is 2.01. The van der Waals surface area contributed by atoms with E-state index in [-0.39, 0.29) is 5.82 Å². The van der Waals surface area contributed by atoms with Crippen molar-refractivity contribution in [1.82, 2.24) is 9.97 Å². The van der Waals surface area contributed by atoms with Crippen molar-refractivity contribution in [2.45, 2.75) is 6.92 Å². The lowest BCUT2D eigenvalue weighted by atomic mass is 10.3. The summed E-state index contributed by atoms with van der Waals surface area (Å²) in [7, 11) is 0. The summed E-state index contributed by atoms with van der Waals surface area (Å²) in [6.45, 7) is 1.79. The second kappa shape index (κ2) is 2.52. The molecule has 0 unspecified atom stereocenters.